The Kier molecular flexibility index (Phi) is 3.35. The predicted octanol–water partition coefficient (Wildman–Crippen LogP) is 3.09. The molecule has 1 aromatic carbocycles. The van der Waals surface area contributed by atoms with E-state index in [2.05, 4.69) is 15.9 Å². The topological polar surface area (TPSA) is 26.3 Å². The number of benzene rings is 1. The summed E-state index contributed by atoms with van der Waals surface area (Å²) in [7, 11) is 0. The van der Waals surface area contributed by atoms with E-state index in [-0.39, 0.29) is 10.0 Å². The largest absolute Gasteiger partial charge is 0.370 e. The summed E-state index contributed by atoms with van der Waals surface area (Å²) in [6.07, 6.45) is 0.711. The number of carbonyl (C=O) groups is 1. The molecule has 0 bridgehead atoms. The van der Waals surface area contributed by atoms with Gasteiger partial charge in [-0.3, -0.25) is 4.79 Å². The molecule has 0 saturated carbocycles. The molecule has 0 radical (unpaired) electrons. The molecule has 1 aromatic rings. The van der Waals surface area contributed by atoms with Crippen molar-refractivity contribution in [3.8, 4) is 0 Å². The molecule has 5 heteroatoms. The van der Waals surface area contributed by atoms with Crippen LogP contribution in [-0.2, 0) is 4.74 Å². The molecule has 1 aliphatic rings. The van der Waals surface area contributed by atoms with Crippen molar-refractivity contribution in [3.05, 3.63) is 33.8 Å². The number of hydrogen-bond donors (Lipinski definition) is 0. The highest BCUT2D eigenvalue weighted by Gasteiger charge is 2.27. The fraction of sp³-hybridized carbons (Fsp3) is 0.364. The van der Waals surface area contributed by atoms with Crippen LogP contribution >= 0.6 is 15.9 Å². The minimum absolute atomic E-state index is 0.00823. The molecule has 2 nitrogen and oxygen atoms in total. The van der Waals surface area contributed by atoms with Gasteiger partial charge in [0.15, 0.2) is 5.78 Å². The molecule has 0 aromatic heterocycles. The van der Waals surface area contributed by atoms with Crippen molar-refractivity contribution < 1.29 is 18.3 Å². The Balaban J connectivity index is 2.32. The SMILES string of the molecule is O=C(c1cc(F)c(Br)cc1F)C1CCCO1. The summed E-state index contributed by atoms with van der Waals surface area (Å²) in [5.74, 6) is -1.86. The fourth-order valence-corrected chi connectivity index (χ4v) is 1.98. The molecule has 86 valence electrons. The maximum absolute atomic E-state index is 13.5. The van der Waals surface area contributed by atoms with Crippen LogP contribution < -0.4 is 0 Å². The van der Waals surface area contributed by atoms with Crippen LogP contribution in [-0.4, -0.2) is 18.5 Å². The fourth-order valence-electron chi connectivity index (χ4n) is 1.67. The van der Waals surface area contributed by atoms with Crippen molar-refractivity contribution in [3.63, 3.8) is 0 Å². The molecule has 0 N–H and O–H groups in total. The summed E-state index contributed by atoms with van der Waals surface area (Å²) in [6.45, 7) is 0.497. The van der Waals surface area contributed by atoms with Crippen molar-refractivity contribution in [1.82, 2.24) is 0 Å². The van der Waals surface area contributed by atoms with Gasteiger partial charge in [0.1, 0.15) is 17.7 Å². The quantitative estimate of drug-likeness (QED) is 0.618. The molecule has 16 heavy (non-hydrogen) atoms. The normalized spacial score (nSPS) is 20.1. The third-order valence-electron chi connectivity index (χ3n) is 2.50. The first kappa shape index (κ1) is 11.7. The minimum atomic E-state index is -0.728. The zero-order chi connectivity index (χ0) is 11.7. The van der Waals surface area contributed by atoms with Crippen LogP contribution in [0.25, 0.3) is 0 Å². The van der Waals surface area contributed by atoms with E-state index in [0.717, 1.165) is 18.6 Å². The average molecular weight is 291 g/mol. The Bertz CT molecular complexity index is 428. The number of carbonyl (C=O) groups excluding carboxylic acids is 1. The van der Waals surface area contributed by atoms with Gasteiger partial charge in [0, 0.05) is 6.61 Å². The van der Waals surface area contributed by atoms with Crippen molar-refractivity contribution >= 4 is 21.7 Å². The van der Waals surface area contributed by atoms with E-state index in [0.29, 0.717) is 13.0 Å². The lowest BCUT2D eigenvalue weighted by atomic mass is 10.0. The molecule has 0 aliphatic carbocycles. The van der Waals surface area contributed by atoms with Crippen molar-refractivity contribution in [1.29, 1.82) is 0 Å². The summed E-state index contributed by atoms with van der Waals surface area (Å²) in [5.41, 5.74) is -0.243. The van der Waals surface area contributed by atoms with Crippen molar-refractivity contribution in [2.75, 3.05) is 6.61 Å². The van der Waals surface area contributed by atoms with Crippen LogP contribution in [0.3, 0.4) is 0 Å². The second kappa shape index (κ2) is 4.59. The predicted molar refractivity (Wildman–Crippen MR) is 57.4 cm³/mol. The summed E-state index contributed by atoms with van der Waals surface area (Å²) in [5, 5.41) is 0. The second-order valence-electron chi connectivity index (χ2n) is 3.61. The molecule has 1 aliphatic heterocycles. The van der Waals surface area contributed by atoms with Gasteiger partial charge < -0.3 is 4.74 Å². The Hall–Kier alpha value is -0.810. The number of ether oxygens (including phenoxy) is 1. The van der Waals surface area contributed by atoms with E-state index >= 15 is 0 Å². The van der Waals surface area contributed by atoms with Gasteiger partial charge in [0.25, 0.3) is 0 Å². The second-order valence-corrected chi connectivity index (χ2v) is 4.47. The van der Waals surface area contributed by atoms with E-state index in [1.807, 2.05) is 0 Å². The van der Waals surface area contributed by atoms with Crippen LogP contribution in [0.4, 0.5) is 8.78 Å². The Labute approximate surface area is 99.7 Å². The highest BCUT2D eigenvalue weighted by atomic mass is 79.9. The molecular weight excluding hydrogens is 282 g/mol. The van der Waals surface area contributed by atoms with Crippen LogP contribution in [0.2, 0.25) is 0 Å². The molecule has 2 rings (SSSR count). The summed E-state index contributed by atoms with van der Waals surface area (Å²) in [6, 6.07) is 1.86. The van der Waals surface area contributed by atoms with Gasteiger partial charge in [-0.25, -0.2) is 8.78 Å². The first-order valence-corrected chi connectivity index (χ1v) is 5.69. The number of ketones is 1. The van der Waals surface area contributed by atoms with Gasteiger partial charge in [0.05, 0.1) is 10.0 Å². The first-order chi connectivity index (χ1) is 7.59. The van der Waals surface area contributed by atoms with Crippen LogP contribution in [0, 0.1) is 11.6 Å². The van der Waals surface area contributed by atoms with Gasteiger partial charge in [-0.05, 0) is 40.9 Å². The van der Waals surface area contributed by atoms with Crippen LogP contribution in [0.15, 0.2) is 16.6 Å². The lowest BCUT2D eigenvalue weighted by Gasteiger charge is -2.09. The number of rotatable bonds is 2. The molecule has 1 saturated heterocycles. The average Bonchev–Trinajstić information content (AvgIpc) is 2.75. The summed E-state index contributed by atoms with van der Waals surface area (Å²) in [4.78, 5) is 11.8. The lowest BCUT2D eigenvalue weighted by molar-refractivity contribution is 0.0638. The molecular formula is C11H9BrF2O2. The number of Topliss-reactive ketones (excluding diaryl/α,β-unsaturated/α-hetero) is 1. The summed E-state index contributed by atoms with van der Waals surface area (Å²) >= 11 is 2.86. The number of hydrogen-bond acceptors (Lipinski definition) is 2. The molecule has 1 atom stereocenters. The van der Waals surface area contributed by atoms with Gasteiger partial charge in [-0.15, -0.1) is 0 Å². The maximum atomic E-state index is 13.5. The van der Waals surface area contributed by atoms with E-state index in [4.69, 9.17) is 4.74 Å². The van der Waals surface area contributed by atoms with Crippen molar-refractivity contribution in [2.45, 2.75) is 18.9 Å². The zero-order valence-corrected chi connectivity index (χ0v) is 9.89. The Morgan fingerprint density at radius 3 is 2.75 bits per heavy atom. The molecule has 0 amide bonds. The van der Waals surface area contributed by atoms with E-state index < -0.39 is 23.5 Å². The van der Waals surface area contributed by atoms with Gasteiger partial charge in [-0.2, -0.15) is 0 Å². The number of halogens is 3. The third-order valence-corrected chi connectivity index (χ3v) is 3.11. The van der Waals surface area contributed by atoms with Gasteiger partial charge >= 0.3 is 0 Å². The maximum Gasteiger partial charge on any atom is 0.194 e. The smallest absolute Gasteiger partial charge is 0.194 e. The third kappa shape index (κ3) is 2.15. The summed E-state index contributed by atoms with van der Waals surface area (Å²) < 4.78 is 31.8. The molecule has 1 heterocycles. The Morgan fingerprint density at radius 2 is 2.12 bits per heavy atom. The lowest BCUT2D eigenvalue weighted by Crippen LogP contribution is -2.20. The minimum Gasteiger partial charge on any atom is -0.370 e. The standard InChI is InChI=1S/C11H9BrF2O2/c12-7-5-8(13)6(4-9(7)14)11(15)10-2-1-3-16-10/h4-5,10H,1-3H2. The van der Waals surface area contributed by atoms with E-state index in [1.165, 1.54) is 0 Å². The van der Waals surface area contributed by atoms with Gasteiger partial charge in [-0.1, -0.05) is 0 Å². The van der Waals surface area contributed by atoms with E-state index in [1.54, 1.807) is 0 Å². The first-order valence-electron chi connectivity index (χ1n) is 4.90. The monoisotopic (exact) mass is 290 g/mol. The Morgan fingerprint density at radius 1 is 1.38 bits per heavy atom. The van der Waals surface area contributed by atoms with Crippen LogP contribution in [0.5, 0.6) is 0 Å². The van der Waals surface area contributed by atoms with E-state index in [9.17, 15) is 13.6 Å². The molecule has 1 fully saturated rings. The highest BCUT2D eigenvalue weighted by Crippen LogP contribution is 2.23. The highest BCUT2D eigenvalue weighted by molar-refractivity contribution is 9.10. The van der Waals surface area contributed by atoms with Crippen molar-refractivity contribution in [2.24, 2.45) is 0 Å². The molecule has 0 spiro atoms. The zero-order valence-electron chi connectivity index (χ0n) is 8.30. The van der Waals surface area contributed by atoms with Gasteiger partial charge in [0.2, 0.25) is 0 Å². The van der Waals surface area contributed by atoms with Crippen LogP contribution in [0.1, 0.15) is 23.2 Å². The molecule has 1 unspecified atom stereocenters.